The molecule has 0 aromatic heterocycles. The maximum atomic E-state index is 11.5. The number of rotatable bonds is 5. The van der Waals surface area contributed by atoms with Crippen molar-refractivity contribution in [3.63, 3.8) is 0 Å². The first-order valence-corrected chi connectivity index (χ1v) is 7.20. The molecule has 0 heterocycles. The van der Waals surface area contributed by atoms with E-state index in [-0.39, 0.29) is 6.61 Å². The predicted octanol–water partition coefficient (Wildman–Crippen LogP) is 0.867. The Kier molecular flexibility index (Phi) is 5.02. The maximum Gasteiger partial charge on any atom is 0.216 e. The van der Waals surface area contributed by atoms with Crippen molar-refractivity contribution >= 4 is 10.0 Å². The van der Waals surface area contributed by atoms with E-state index in [9.17, 15) is 8.42 Å². The third-order valence-corrected chi connectivity index (χ3v) is 4.86. The minimum absolute atomic E-state index is 0.319. The highest BCUT2D eigenvalue weighted by Crippen LogP contribution is 2.23. The summed E-state index contributed by atoms with van der Waals surface area (Å²) in [7, 11) is -3.31. The summed E-state index contributed by atoms with van der Waals surface area (Å²) in [6, 6.07) is 0. The van der Waals surface area contributed by atoms with Crippen molar-refractivity contribution in [2.45, 2.75) is 44.3 Å². The Balaban J connectivity index is 2.35. The Morgan fingerprint density at radius 3 is 2.47 bits per heavy atom. The van der Waals surface area contributed by atoms with Gasteiger partial charge in [0.05, 0.1) is 11.9 Å². The molecule has 0 radical (unpaired) electrons. The molecule has 15 heavy (non-hydrogen) atoms. The molecule has 2 N–H and O–H groups in total. The highest BCUT2D eigenvalue weighted by molar-refractivity contribution is 7.90. The average molecular weight is 235 g/mol. The highest BCUT2D eigenvalue weighted by Gasteiger charge is 2.21. The van der Waals surface area contributed by atoms with Crippen molar-refractivity contribution in [2.75, 3.05) is 13.2 Å². The first-order chi connectivity index (χ1) is 7.06. The van der Waals surface area contributed by atoms with E-state index in [1.165, 1.54) is 26.2 Å². The monoisotopic (exact) mass is 235 g/mol. The summed E-state index contributed by atoms with van der Waals surface area (Å²) >= 11 is 0. The van der Waals surface area contributed by atoms with Gasteiger partial charge >= 0.3 is 0 Å². The quantitative estimate of drug-likeness (QED) is 0.743. The Morgan fingerprint density at radius 1 is 1.33 bits per heavy atom. The highest BCUT2D eigenvalue weighted by atomic mass is 32.2. The van der Waals surface area contributed by atoms with Gasteiger partial charge in [0.25, 0.3) is 0 Å². The maximum absolute atomic E-state index is 11.5. The molecule has 5 heteroatoms. The molecule has 0 spiro atoms. The van der Waals surface area contributed by atoms with Crippen molar-refractivity contribution in [2.24, 2.45) is 5.92 Å². The number of aliphatic hydroxyl groups excluding tert-OH is 1. The fraction of sp³-hybridized carbons (Fsp3) is 1.00. The molecule has 90 valence electrons. The minimum atomic E-state index is -3.31. The lowest BCUT2D eigenvalue weighted by atomic mass is 9.90. The molecule has 1 fully saturated rings. The van der Waals surface area contributed by atoms with Gasteiger partial charge in [-0.3, -0.25) is 0 Å². The second-order valence-corrected chi connectivity index (χ2v) is 6.57. The zero-order valence-corrected chi connectivity index (χ0v) is 10.1. The van der Waals surface area contributed by atoms with E-state index in [0.29, 0.717) is 12.5 Å². The van der Waals surface area contributed by atoms with Crippen LogP contribution in [0.4, 0.5) is 0 Å². The van der Waals surface area contributed by atoms with Crippen LogP contribution >= 0.6 is 0 Å². The average Bonchev–Trinajstić information content (AvgIpc) is 2.27. The lowest BCUT2D eigenvalue weighted by Crippen LogP contribution is -2.37. The van der Waals surface area contributed by atoms with Crippen LogP contribution < -0.4 is 4.72 Å². The van der Waals surface area contributed by atoms with Crippen molar-refractivity contribution in [1.29, 1.82) is 0 Å². The van der Waals surface area contributed by atoms with Crippen molar-refractivity contribution in [3.05, 3.63) is 0 Å². The molecule has 0 aliphatic heterocycles. The van der Waals surface area contributed by atoms with Gasteiger partial charge in [-0.15, -0.1) is 0 Å². The third-order valence-electron chi connectivity index (χ3n) is 3.08. The summed E-state index contributed by atoms with van der Waals surface area (Å²) in [6.45, 7) is 1.73. The van der Waals surface area contributed by atoms with Crippen LogP contribution in [0.5, 0.6) is 0 Å². The Labute approximate surface area is 92.1 Å². The first kappa shape index (κ1) is 12.9. The molecule has 0 amide bonds. The van der Waals surface area contributed by atoms with Gasteiger partial charge < -0.3 is 5.11 Å². The third kappa shape index (κ3) is 4.09. The van der Waals surface area contributed by atoms with Crippen molar-refractivity contribution in [1.82, 2.24) is 4.72 Å². The van der Waals surface area contributed by atoms with Crippen LogP contribution in [0.1, 0.15) is 39.0 Å². The fourth-order valence-corrected chi connectivity index (χ4v) is 2.81. The fourth-order valence-electron chi connectivity index (χ4n) is 1.87. The summed E-state index contributed by atoms with van der Waals surface area (Å²) in [5.74, 6) is 0.486. The number of sulfonamides is 1. The number of hydrogen-bond acceptors (Lipinski definition) is 3. The van der Waals surface area contributed by atoms with Gasteiger partial charge in [-0.2, -0.15) is 0 Å². The standard InChI is InChI=1S/C10H21NO3S/c1-9(8-12)15(13,14)11-7-10-5-3-2-4-6-10/h9-12H,2-8H2,1H3. The normalized spacial score (nSPS) is 21.5. The van der Waals surface area contributed by atoms with Crippen LogP contribution in [0, 0.1) is 5.92 Å². The van der Waals surface area contributed by atoms with Crippen LogP contribution in [-0.2, 0) is 10.0 Å². The van der Waals surface area contributed by atoms with E-state index in [1.54, 1.807) is 0 Å². The van der Waals surface area contributed by atoms with E-state index >= 15 is 0 Å². The Bertz CT molecular complexity index is 270. The van der Waals surface area contributed by atoms with E-state index in [4.69, 9.17) is 5.11 Å². The Hall–Kier alpha value is -0.130. The summed E-state index contributed by atoms with van der Waals surface area (Å²) in [5.41, 5.74) is 0. The topological polar surface area (TPSA) is 66.4 Å². The lowest BCUT2D eigenvalue weighted by molar-refractivity contribution is 0.294. The van der Waals surface area contributed by atoms with Gasteiger partial charge in [0.15, 0.2) is 0 Å². The van der Waals surface area contributed by atoms with Crippen LogP contribution in [-0.4, -0.2) is 31.9 Å². The summed E-state index contributed by atoms with van der Waals surface area (Å²) in [5, 5.41) is 8.08. The number of nitrogens with one attached hydrogen (secondary N) is 1. The molecular weight excluding hydrogens is 214 g/mol. The van der Waals surface area contributed by atoms with E-state index in [1.807, 2.05) is 0 Å². The predicted molar refractivity (Wildman–Crippen MR) is 60.0 cm³/mol. The van der Waals surface area contributed by atoms with Crippen molar-refractivity contribution in [3.8, 4) is 0 Å². The van der Waals surface area contributed by atoms with Crippen LogP contribution in [0.3, 0.4) is 0 Å². The van der Waals surface area contributed by atoms with Gasteiger partial charge in [-0.05, 0) is 25.7 Å². The molecule has 1 aliphatic rings. The van der Waals surface area contributed by atoms with E-state index in [2.05, 4.69) is 4.72 Å². The molecule has 4 nitrogen and oxygen atoms in total. The number of aliphatic hydroxyl groups is 1. The molecule has 1 rings (SSSR count). The summed E-state index contributed by atoms with van der Waals surface area (Å²) < 4.78 is 25.7. The molecule has 1 unspecified atom stereocenters. The Morgan fingerprint density at radius 2 is 1.93 bits per heavy atom. The second kappa shape index (κ2) is 5.82. The number of hydrogen-bond donors (Lipinski definition) is 2. The van der Waals surface area contributed by atoms with Gasteiger partial charge in [-0.1, -0.05) is 19.3 Å². The molecule has 1 saturated carbocycles. The van der Waals surface area contributed by atoms with Gasteiger partial charge in [0.1, 0.15) is 0 Å². The zero-order chi connectivity index (χ0) is 11.3. The second-order valence-electron chi connectivity index (χ2n) is 4.39. The summed E-state index contributed by atoms with van der Waals surface area (Å²) in [4.78, 5) is 0. The smallest absolute Gasteiger partial charge is 0.216 e. The summed E-state index contributed by atoms with van der Waals surface area (Å²) in [6.07, 6.45) is 5.94. The van der Waals surface area contributed by atoms with Gasteiger partial charge in [0, 0.05) is 6.54 Å². The van der Waals surface area contributed by atoms with E-state index < -0.39 is 15.3 Å². The van der Waals surface area contributed by atoms with Gasteiger partial charge in [-0.25, -0.2) is 13.1 Å². The zero-order valence-electron chi connectivity index (χ0n) is 9.28. The lowest BCUT2D eigenvalue weighted by Gasteiger charge is -2.22. The first-order valence-electron chi connectivity index (χ1n) is 5.65. The molecule has 1 aliphatic carbocycles. The van der Waals surface area contributed by atoms with Gasteiger partial charge in [0.2, 0.25) is 10.0 Å². The van der Waals surface area contributed by atoms with Crippen LogP contribution in [0.25, 0.3) is 0 Å². The molecule has 1 atom stereocenters. The molecular formula is C10H21NO3S. The largest absolute Gasteiger partial charge is 0.395 e. The van der Waals surface area contributed by atoms with Crippen molar-refractivity contribution < 1.29 is 13.5 Å². The molecule has 0 saturated heterocycles. The van der Waals surface area contributed by atoms with Crippen LogP contribution in [0.15, 0.2) is 0 Å². The molecule has 0 aromatic rings. The van der Waals surface area contributed by atoms with E-state index in [0.717, 1.165) is 12.8 Å². The molecule has 0 bridgehead atoms. The SMILES string of the molecule is CC(CO)S(=O)(=O)NCC1CCCCC1. The molecule has 0 aromatic carbocycles. The van der Waals surface area contributed by atoms with Crippen LogP contribution in [0.2, 0.25) is 0 Å². The minimum Gasteiger partial charge on any atom is -0.395 e.